The SMILES string of the molecule is C=CCNC(=O)CN1CCC(C)CC1CN. The molecule has 0 radical (unpaired) electrons. The molecule has 92 valence electrons. The van der Waals surface area contributed by atoms with Crippen LogP contribution in [0.5, 0.6) is 0 Å². The molecule has 2 atom stereocenters. The molecule has 1 saturated heterocycles. The second-order valence-electron chi connectivity index (χ2n) is 4.58. The number of nitrogens with one attached hydrogen (secondary N) is 1. The molecular weight excluding hydrogens is 202 g/mol. The molecule has 0 aromatic heterocycles. The highest BCUT2D eigenvalue weighted by atomic mass is 16.2. The van der Waals surface area contributed by atoms with E-state index in [1.165, 1.54) is 0 Å². The van der Waals surface area contributed by atoms with Crippen LogP contribution in [0.3, 0.4) is 0 Å². The first-order valence-electron chi connectivity index (χ1n) is 5.99. The minimum absolute atomic E-state index is 0.0629. The third-order valence-corrected chi connectivity index (χ3v) is 3.16. The normalized spacial score (nSPS) is 26.4. The highest BCUT2D eigenvalue weighted by Gasteiger charge is 2.26. The van der Waals surface area contributed by atoms with Gasteiger partial charge >= 0.3 is 0 Å². The zero-order valence-electron chi connectivity index (χ0n) is 10.1. The van der Waals surface area contributed by atoms with Crippen molar-refractivity contribution in [3.8, 4) is 0 Å². The molecule has 1 heterocycles. The molecule has 4 nitrogen and oxygen atoms in total. The third-order valence-electron chi connectivity index (χ3n) is 3.16. The molecule has 1 amide bonds. The van der Waals surface area contributed by atoms with E-state index < -0.39 is 0 Å². The predicted octanol–water partition coefficient (Wildman–Crippen LogP) is 0.348. The zero-order valence-corrected chi connectivity index (χ0v) is 10.1. The molecule has 16 heavy (non-hydrogen) atoms. The van der Waals surface area contributed by atoms with Crippen LogP contribution in [0.2, 0.25) is 0 Å². The molecule has 0 aromatic rings. The maximum atomic E-state index is 11.6. The summed E-state index contributed by atoms with van der Waals surface area (Å²) in [5.74, 6) is 0.786. The van der Waals surface area contributed by atoms with Gasteiger partial charge in [0.25, 0.3) is 0 Å². The summed E-state index contributed by atoms with van der Waals surface area (Å²) in [6, 6.07) is 0.359. The fraction of sp³-hybridized carbons (Fsp3) is 0.750. The van der Waals surface area contributed by atoms with Gasteiger partial charge in [-0.25, -0.2) is 0 Å². The van der Waals surface area contributed by atoms with Gasteiger partial charge in [-0.3, -0.25) is 9.69 Å². The fourth-order valence-electron chi connectivity index (χ4n) is 2.18. The number of hydrogen-bond acceptors (Lipinski definition) is 3. The van der Waals surface area contributed by atoms with Gasteiger partial charge in [0, 0.05) is 19.1 Å². The summed E-state index contributed by atoms with van der Waals surface area (Å²) in [7, 11) is 0. The summed E-state index contributed by atoms with van der Waals surface area (Å²) >= 11 is 0. The first-order chi connectivity index (χ1) is 7.67. The van der Waals surface area contributed by atoms with Crippen LogP contribution in [-0.4, -0.2) is 43.0 Å². The van der Waals surface area contributed by atoms with Crippen molar-refractivity contribution in [1.82, 2.24) is 10.2 Å². The van der Waals surface area contributed by atoms with E-state index in [2.05, 4.69) is 23.7 Å². The standard InChI is InChI=1S/C12H23N3O/c1-3-5-14-12(16)9-15-6-4-10(2)7-11(15)8-13/h3,10-11H,1,4-9,13H2,2H3,(H,14,16). The molecule has 4 heteroatoms. The van der Waals surface area contributed by atoms with Gasteiger partial charge in [0.2, 0.25) is 5.91 Å². The van der Waals surface area contributed by atoms with Crippen LogP contribution in [0.25, 0.3) is 0 Å². The van der Waals surface area contributed by atoms with Crippen LogP contribution in [0.15, 0.2) is 12.7 Å². The van der Waals surface area contributed by atoms with E-state index >= 15 is 0 Å². The molecule has 0 saturated carbocycles. The molecule has 0 bridgehead atoms. The van der Waals surface area contributed by atoms with Crippen LogP contribution in [0, 0.1) is 5.92 Å². The van der Waals surface area contributed by atoms with Crippen molar-refractivity contribution >= 4 is 5.91 Å². The summed E-state index contributed by atoms with van der Waals surface area (Å²) in [6.45, 7) is 8.43. The summed E-state index contributed by atoms with van der Waals surface area (Å²) in [4.78, 5) is 13.8. The fourth-order valence-corrected chi connectivity index (χ4v) is 2.18. The summed E-state index contributed by atoms with van der Waals surface area (Å²) in [6.07, 6.45) is 3.95. The number of likely N-dealkylation sites (tertiary alicyclic amines) is 1. The third kappa shape index (κ3) is 3.94. The van der Waals surface area contributed by atoms with E-state index in [0.717, 1.165) is 25.3 Å². The van der Waals surface area contributed by atoms with Gasteiger partial charge in [0.1, 0.15) is 0 Å². The van der Waals surface area contributed by atoms with E-state index in [4.69, 9.17) is 5.73 Å². The van der Waals surface area contributed by atoms with Gasteiger partial charge in [0.05, 0.1) is 6.54 Å². The van der Waals surface area contributed by atoms with E-state index in [0.29, 0.717) is 25.7 Å². The van der Waals surface area contributed by atoms with Gasteiger partial charge in [-0.1, -0.05) is 13.0 Å². The first-order valence-corrected chi connectivity index (χ1v) is 5.99. The van der Waals surface area contributed by atoms with Crippen molar-refractivity contribution in [3.63, 3.8) is 0 Å². The first kappa shape index (κ1) is 13.2. The molecule has 1 aliphatic rings. The Morgan fingerprint density at radius 3 is 3.06 bits per heavy atom. The van der Waals surface area contributed by atoms with Crippen molar-refractivity contribution in [2.75, 3.05) is 26.2 Å². The molecular formula is C12H23N3O. The Hall–Kier alpha value is -0.870. The van der Waals surface area contributed by atoms with Crippen molar-refractivity contribution < 1.29 is 4.79 Å². The lowest BCUT2D eigenvalue weighted by Crippen LogP contribution is -2.50. The van der Waals surface area contributed by atoms with Crippen molar-refractivity contribution in [2.24, 2.45) is 11.7 Å². The van der Waals surface area contributed by atoms with Gasteiger partial charge in [-0.15, -0.1) is 6.58 Å². The van der Waals surface area contributed by atoms with Crippen molar-refractivity contribution in [1.29, 1.82) is 0 Å². The summed E-state index contributed by atoms with van der Waals surface area (Å²) < 4.78 is 0. The maximum absolute atomic E-state index is 11.6. The Bertz CT molecular complexity index is 242. The average molecular weight is 225 g/mol. The zero-order chi connectivity index (χ0) is 12.0. The smallest absolute Gasteiger partial charge is 0.234 e. The Labute approximate surface area is 97.9 Å². The second kappa shape index (κ2) is 6.66. The molecule has 1 rings (SSSR count). The summed E-state index contributed by atoms with van der Waals surface area (Å²) in [5.41, 5.74) is 5.74. The monoisotopic (exact) mass is 225 g/mol. The number of nitrogens with zero attached hydrogens (tertiary/aromatic N) is 1. The van der Waals surface area contributed by atoms with Gasteiger partial charge in [-0.2, -0.15) is 0 Å². The molecule has 1 fully saturated rings. The lowest BCUT2D eigenvalue weighted by Gasteiger charge is -2.37. The van der Waals surface area contributed by atoms with E-state index in [-0.39, 0.29) is 5.91 Å². The Morgan fingerprint density at radius 2 is 2.44 bits per heavy atom. The second-order valence-corrected chi connectivity index (χ2v) is 4.58. The highest BCUT2D eigenvalue weighted by molar-refractivity contribution is 5.78. The highest BCUT2D eigenvalue weighted by Crippen LogP contribution is 2.21. The van der Waals surface area contributed by atoms with Crippen LogP contribution in [0.4, 0.5) is 0 Å². The van der Waals surface area contributed by atoms with E-state index in [1.54, 1.807) is 6.08 Å². The van der Waals surface area contributed by atoms with Crippen LogP contribution in [0.1, 0.15) is 19.8 Å². The lowest BCUT2D eigenvalue weighted by molar-refractivity contribution is -0.123. The molecule has 1 aliphatic heterocycles. The quantitative estimate of drug-likeness (QED) is 0.664. The van der Waals surface area contributed by atoms with Crippen LogP contribution < -0.4 is 11.1 Å². The number of hydrogen-bond donors (Lipinski definition) is 2. The van der Waals surface area contributed by atoms with Crippen LogP contribution in [-0.2, 0) is 4.79 Å². The van der Waals surface area contributed by atoms with E-state index in [9.17, 15) is 4.79 Å². The minimum Gasteiger partial charge on any atom is -0.352 e. The van der Waals surface area contributed by atoms with Gasteiger partial charge in [0.15, 0.2) is 0 Å². The topological polar surface area (TPSA) is 58.4 Å². The van der Waals surface area contributed by atoms with Gasteiger partial charge in [-0.05, 0) is 25.3 Å². The number of carbonyl (C=O) groups is 1. The number of carbonyl (C=O) groups excluding carboxylic acids is 1. The molecule has 0 aliphatic carbocycles. The minimum atomic E-state index is 0.0629. The molecule has 0 aromatic carbocycles. The average Bonchev–Trinajstić information content (AvgIpc) is 2.28. The maximum Gasteiger partial charge on any atom is 0.234 e. The number of rotatable bonds is 5. The van der Waals surface area contributed by atoms with Crippen LogP contribution >= 0.6 is 0 Å². The van der Waals surface area contributed by atoms with Crippen molar-refractivity contribution in [3.05, 3.63) is 12.7 Å². The molecule has 3 N–H and O–H groups in total. The summed E-state index contributed by atoms with van der Waals surface area (Å²) in [5, 5.41) is 2.80. The Morgan fingerprint density at radius 1 is 1.69 bits per heavy atom. The predicted molar refractivity (Wildman–Crippen MR) is 66.0 cm³/mol. The molecule has 2 unspecified atom stereocenters. The largest absolute Gasteiger partial charge is 0.352 e. The Balaban J connectivity index is 2.39. The Kier molecular flexibility index (Phi) is 5.49. The van der Waals surface area contributed by atoms with Crippen molar-refractivity contribution in [2.45, 2.75) is 25.8 Å². The molecule has 0 spiro atoms. The number of nitrogens with two attached hydrogens (primary N) is 1. The number of amides is 1. The van der Waals surface area contributed by atoms with E-state index in [1.807, 2.05) is 0 Å². The lowest BCUT2D eigenvalue weighted by atomic mass is 9.92. The number of piperidine rings is 1. The van der Waals surface area contributed by atoms with Gasteiger partial charge < -0.3 is 11.1 Å².